The lowest BCUT2D eigenvalue weighted by molar-refractivity contribution is 0.0988. The molecule has 0 saturated carbocycles. The van der Waals surface area contributed by atoms with Crippen molar-refractivity contribution in [3.8, 4) is 17.2 Å². The summed E-state index contributed by atoms with van der Waals surface area (Å²) in [5.74, 6) is 1.57. The van der Waals surface area contributed by atoms with Crippen molar-refractivity contribution in [1.82, 2.24) is 0 Å². The van der Waals surface area contributed by atoms with Crippen LogP contribution in [0.25, 0.3) is 0 Å². The number of rotatable bonds is 7. The molecular weight excluding hydrogens is 330 g/mol. The van der Waals surface area contributed by atoms with E-state index in [0.29, 0.717) is 49.2 Å². The molecule has 0 aliphatic carbocycles. The topological polar surface area (TPSA) is 48.0 Å². The highest BCUT2D eigenvalue weighted by atomic mass is 16.5. The van der Waals surface area contributed by atoms with Crippen LogP contribution in [-0.2, 0) is 6.42 Å². The smallest absolute Gasteiger partial charge is 0.258 e. The largest absolute Gasteiger partial charge is 0.490 e. The van der Waals surface area contributed by atoms with E-state index >= 15 is 0 Å². The number of ether oxygens (including phenoxy) is 3. The van der Waals surface area contributed by atoms with Gasteiger partial charge in [-0.25, -0.2) is 0 Å². The van der Waals surface area contributed by atoms with Gasteiger partial charge >= 0.3 is 0 Å². The molecule has 3 rings (SSSR count). The van der Waals surface area contributed by atoms with Crippen molar-refractivity contribution in [3.05, 3.63) is 47.5 Å². The van der Waals surface area contributed by atoms with Crippen LogP contribution in [0.3, 0.4) is 0 Å². The molecule has 0 aromatic heterocycles. The Balaban J connectivity index is 2.00. The van der Waals surface area contributed by atoms with Gasteiger partial charge in [-0.3, -0.25) is 4.79 Å². The Kier molecular flexibility index (Phi) is 5.66. The first-order chi connectivity index (χ1) is 12.7. The number of carbonyl (C=O) groups excluding carboxylic acids is 1. The van der Waals surface area contributed by atoms with Gasteiger partial charge in [0.15, 0.2) is 11.5 Å². The summed E-state index contributed by atoms with van der Waals surface area (Å²) < 4.78 is 17.2. The molecule has 5 nitrogen and oxygen atoms in total. The van der Waals surface area contributed by atoms with Crippen LogP contribution in [0.1, 0.15) is 36.7 Å². The molecule has 2 aromatic rings. The monoisotopic (exact) mass is 355 g/mol. The van der Waals surface area contributed by atoms with Gasteiger partial charge in [-0.05, 0) is 51.0 Å². The molecule has 1 amide bonds. The van der Waals surface area contributed by atoms with Crippen LogP contribution < -0.4 is 19.1 Å². The van der Waals surface area contributed by atoms with Crippen molar-refractivity contribution < 1.29 is 19.0 Å². The Morgan fingerprint density at radius 3 is 2.19 bits per heavy atom. The summed E-state index contributed by atoms with van der Waals surface area (Å²) in [6.07, 6.45) is 0.871. The molecular formula is C21H25NO4. The number of para-hydroxylation sites is 1. The number of fused-ring (bicyclic) bond motifs is 1. The Hall–Kier alpha value is -2.69. The van der Waals surface area contributed by atoms with Crippen LogP contribution in [0, 0.1) is 0 Å². The Bertz CT molecular complexity index is 760. The Morgan fingerprint density at radius 2 is 1.58 bits per heavy atom. The van der Waals surface area contributed by atoms with E-state index in [1.54, 1.807) is 12.1 Å². The van der Waals surface area contributed by atoms with E-state index in [1.807, 2.05) is 43.9 Å². The third-order valence-corrected chi connectivity index (χ3v) is 4.29. The molecule has 1 aliphatic heterocycles. The summed E-state index contributed by atoms with van der Waals surface area (Å²) in [7, 11) is 0. The zero-order valence-corrected chi connectivity index (χ0v) is 15.6. The highest BCUT2D eigenvalue weighted by Crippen LogP contribution is 2.40. The van der Waals surface area contributed by atoms with Crippen LogP contribution >= 0.6 is 0 Å². The van der Waals surface area contributed by atoms with Crippen LogP contribution in [0.5, 0.6) is 17.2 Å². The first kappa shape index (κ1) is 18.1. The van der Waals surface area contributed by atoms with E-state index in [4.69, 9.17) is 14.2 Å². The molecule has 26 heavy (non-hydrogen) atoms. The minimum atomic E-state index is -0.0556. The molecule has 5 heteroatoms. The number of amides is 1. The van der Waals surface area contributed by atoms with Crippen molar-refractivity contribution in [1.29, 1.82) is 0 Å². The highest BCUT2D eigenvalue weighted by molar-refractivity contribution is 6.08. The standard InChI is InChI=1S/C21H25NO4/c1-4-24-18-13-16(14-19(25-5-2)20(18)26-6-3)21(23)22-12-11-15-9-7-8-10-17(15)22/h7-10,13-14H,4-6,11-12H2,1-3H3. The van der Waals surface area contributed by atoms with Gasteiger partial charge < -0.3 is 19.1 Å². The van der Waals surface area contributed by atoms with Crippen molar-refractivity contribution in [2.45, 2.75) is 27.2 Å². The van der Waals surface area contributed by atoms with Gasteiger partial charge in [-0.2, -0.15) is 0 Å². The van der Waals surface area contributed by atoms with E-state index in [-0.39, 0.29) is 5.91 Å². The molecule has 0 bridgehead atoms. The van der Waals surface area contributed by atoms with Gasteiger partial charge in [0.05, 0.1) is 19.8 Å². The fourth-order valence-electron chi connectivity index (χ4n) is 3.22. The second kappa shape index (κ2) is 8.13. The maximum Gasteiger partial charge on any atom is 0.258 e. The molecule has 0 spiro atoms. The molecule has 0 radical (unpaired) electrons. The van der Waals surface area contributed by atoms with Crippen molar-refractivity contribution in [3.63, 3.8) is 0 Å². The van der Waals surface area contributed by atoms with Crippen LogP contribution in [-0.4, -0.2) is 32.3 Å². The van der Waals surface area contributed by atoms with Crippen LogP contribution in [0.4, 0.5) is 5.69 Å². The van der Waals surface area contributed by atoms with Gasteiger partial charge in [0.25, 0.3) is 5.91 Å². The van der Waals surface area contributed by atoms with E-state index in [9.17, 15) is 4.79 Å². The third kappa shape index (κ3) is 3.47. The molecule has 0 fully saturated rings. The lowest BCUT2D eigenvalue weighted by Crippen LogP contribution is -2.29. The van der Waals surface area contributed by atoms with Gasteiger partial charge in [-0.15, -0.1) is 0 Å². The zero-order valence-electron chi connectivity index (χ0n) is 15.6. The lowest BCUT2D eigenvalue weighted by Gasteiger charge is -2.20. The molecule has 0 atom stereocenters. The maximum atomic E-state index is 13.2. The zero-order chi connectivity index (χ0) is 18.5. The fourth-order valence-corrected chi connectivity index (χ4v) is 3.22. The number of anilines is 1. The average molecular weight is 355 g/mol. The predicted octanol–water partition coefficient (Wildman–Crippen LogP) is 4.09. The first-order valence-electron chi connectivity index (χ1n) is 9.15. The van der Waals surface area contributed by atoms with Crippen molar-refractivity contribution >= 4 is 11.6 Å². The third-order valence-electron chi connectivity index (χ3n) is 4.29. The summed E-state index contributed by atoms with van der Waals surface area (Å²) in [5, 5.41) is 0. The molecule has 1 aliphatic rings. The van der Waals surface area contributed by atoms with Gasteiger partial charge in [0.1, 0.15) is 0 Å². The van der Waals surface area contributed by atoms with E-state index in [2.05, 4.69) is 6.07 Å². The van der Waals surface area contributed by atoms with Gasteiger partial charge in [0, 0.05) is 17.8 Å². The quantitative estimate of drug-likeness (QED) is 0.751. The molecule has 138 valence electrons. The fraction of sp³-hybridized carbons (Fsp3) is 0.381. The van der Waals surface area contributed by atoms with E-state index < -0.39 is 0 Å². The predicted molar refractivity (Wildman–Crippen MR) is 102 cm³/mol. The highest BCUT2D eigenvalue weighted by Gasteiger charge is 2.27. The first-order valence-corrected chi connectivity index (χ1v) is 9.15. The Labute approximate surface area is 154 Å². The number of hydrogen-bond donors (Lipinski definition) is 0. The molecule has 0 unspecified atom stereocenters. The maximum absolute atomic E-state index is 13.2. The van der Waals surface area contributed by atoms with Crippen LogP contribution in [0.2, 0.25) is 0 Å². The van der Waals surface area contributed by atoms with Crippen molar-refractivity contribution in [2.75, 3.05) is 31.3 Å². The Morgan fingerprint density at radius 1 is 0.962 bits per heavy atom. The number of nitrogens with zero attached hydrogens (tertiary/aromatic N) is 1. The average Bonchev–Trinajstić information content (AvgIpc) is 3.08. The SMILES string of the molecule is CCOc1cc(C(=O)N2CCc3ccccc32)cc(OCC)c1OCC. The van der Waals surface area contributed by atoms with E-state index in [1.165, 1.54) is 5.56 Å². The minimum Gasteiger partial charge on any atom is -0.490 e. The second-order valence-corrected chi connectivity index (χ2v) is 5.94. The van der Waals surface area contributed by atoms with Gasteiger partial charge in [0.2, 0.25) is 5.75 Å². The van der Waals surface area contributed by atoms with Crippen LogP contribution in [0.15, 0.2) is 36.4 Å². The minimum absolute atomic E-state index is 0.0556. The summed E-state index contributed by atoms with van der Waals surface area (Å²) in [5.41, 5.74) is 2.71. The second-order valence-electron chi connectivity index (χ2n) is 5.94. The molecule has 0 N–H and O–H groups in total. The molecule has 1 heterocycles. The molecule has 2 aromatic carbocycles. The molecule has 0 saturated heterocycles. The van der Waals surface area contributed by atoms with Crippen molar-refractivity contribution in [2.24, 2.45) is 0 Å². The summed E-state index contributed by atoms with van der Waals surface area (Å²) >= 11 is 0. The summed E-state index contributed by atoms with van der Waals surface area (Å²) in [4.78, 5) is 15.0. The number of carbonyl (C=O) groups is 1. The normalized spacial score (nSPS) is 12.7. The van der Waals surface area contributed by atoms with E-state index in [0.717, 1.165) is 12.1 Å². The summed E-state index contributed by atoms with van der Waals surface area (Å²) in [6.45, 7) is 7.85. The lowest BCUT2D eigenvalue weighted by atomic mass is 10.1. The van der Waals surface area contributed by atoms with Gasteiger partial charge in [-0.1, -0.05) is 18.2 Å². The summed E-state index contributed by atoms with van der Waals surface area (Å²) in [6, 6.07) is 11.5. The number of benzene rings is 2. The number of hydrogen-bond acceptors (Lipinski definition) is 4.